The molecule has 0 bridgehead atoms. The van der Waals surface area contributed by atoms with Crippen molar-refractivity contribution in [3.8, 4) is 0 Å². The van der Waals surface area contributed by atoms with Gasteiger partial charge in [0.1, 0.15) is 5.82 Å². The second-order valence-corrected chi connectivity index (χ2v) is 6.71. The Kier molecular flexibility index (Phi) is 6.33. The smallest absolute Gasteiger partial charge is 0.250 e. The van der Waals surface area contributed by atoms with Crippen LogP contribution in [0.3, 0.4) is 0 Å². The summed E-state index contributed by atoms with van der Waals surface area (Å²) in [5.41, 5.74) is 6.02. The minimum Gasteiger partial charge on any atom is -0.366 e. The number of nitrogens with zero attached hydrogens (tertiary/aromatic N) is 2. The first-order valence-corrected chi connectivity index (χ1v) is 9.16. The van der Waals surface area contributed by atoms with E-state index >= 15 is 0 Å². The maximum Gasteiger partial charge on any atom is 0.250 e. The number of hydrogen-bond donors (Lipinski definition) is 3. The van der Waals surface area contributed by atoms with Crippen LogP contribution in [0.25, 0.3) is 0 Å². The molecule has 0 unspecified atom stereocenters. The second-order valence-electron chi connectivity index (χ2n) is 6.71. The molecule has 0 saturated carbocycles. The first-order valence-electron chi connectivity index (χ1n) is 9.16. The lowest BCUT2D eigenvalue weighted by Crippen LogP contribution is -2.42. The zero-order valence-corrected chi connectivity index (χ0v) is 15.4. The molecule has 28 heavy (non-hydrogen) atoms. The van der Waals surface area contributed by atoms with Crippen LogP contribution >= 0.6 is 0 Å². The van der Waals surface area contributed by atoms with E-state index in [0.29, 0.717) is 37.4 Å². The van der Waals surface area contributed by atoms with E-state index in [-0.39, 0.29) is 29.8 Å². The van der Waals surface area contributed by atoms with E-state index in [9.17, 15) is 14.4 Å². The van der Waals surface area contributed by atoms with Gasteiger partial charge in [0.25, 0.3) is 5.91 Å². The fourth-order valence-corrected chi connectivity index (χ4v) is 3.22. The Labute approximate surface area is 163 Å². The number of hydrogen-bond acceptors (Lipinski definition) is 5. The number of aromatic nitrogens is 1. The van der Waals surface area contributed by atoms with Crippen LogP contribution in [0.1, 0.15) is 23.2 Å². The van der Waals surface area contributed by atoms with E-state index in [2.05, 4.69) is 15.6 Å². The van der Waals surface area contributed by atoms with Crippen LogP contribution in [0.5, 0.6) is 0 Å². The molecular formula is C20H23N5O3. The summed E-state index contributed by atoms with van der Waals surface area (Å²) in [4.78, 5) is 42.2. The predicted molar refractivity (Wildman–Crippen MR) is 106 cm³/mol. The highest BCUT2D eigenvalue weighted by molar-refractivity contribution is 6.03. The summed E-state index contributed by atoms with van der Waals surface area (Å²) in [6, 6.07) is 12.0. The van der Waals surface area contributed by atoms with Crippen LogP contribution < -0.4 is 16.4 Å². The van der Waals surface area contributed by atoms with Gasteiger partial charge in [0.15, 0.2) is 0 Å². The molecule has 8 nitrogen and oxygen atoms in total. The van der Waals surface area contributed by atoms with E-state index in [1.165, 1.54) is 0 Å². The number of benzene rings is 1. The number of para-hydroxylation sites is 1. The average Bonchev–Trinajstić information content (AvgIpc) is 2.69. The largest absolute Gasteiger partial charge is 0.366 e. The van der Waals surface area contributed by atoms with Crippen LogP contribution in [0.15, 0.2) is 48.7 Å². The minimum absolute atomic E-state index is 0.0433. The molecule has 0 atom stereocenters. The molecule has 2 aromatic rings. The van der Waals surface area contributed by atoms with Gasteiger partial charge >= 0.3 is 0 Å². The van der Waals surface area contributed by atoms with Gasteiger partial charge in [-0.25, -0.2) is 4.98 Å². The lowest BCUT2D eigenvalue weighted by Gasteiger charge is -2.30. The summed E-state index contributed by atoms with van der Waals surface area (Å²) in [7, 11) is 0. The zero-order chi connectivity index (χ0) is 19.9. The molecule has 1 aromatic carbocycles. The Bertz CT molecular complexity index is 848. The van der Waals surface area contributed by atoms with Crippen molar-refractivity contribution in [3.05, 3.63) is 54.2 Å². The third-order valence-electron chi connectivity index (χ3n) is 4.71. The fraction of sp³-hybridized carbons (Fsp3) is 0.300. The summed E-state index contributed by atoms with van der Waals surface area (Å²) in [5.74, 6) is -0.404. The molecule has 1 aliphatic rings. The monoisotopic (exact) mass is 381 g/mol. The van der Waals surface area contributed by atoms with Crippen molar-refractivity contribution in [1.29, 1.82) is 0 Å². The van der Waals surface area contributed by atoms with E-state index in [1.807, 2.05) is 11.0 Å². The van der Waals surface area contributed by atoms with E-state index in [1.54, 1.807) is 42.6 Å². The predicted octanol–water partition coefficient (Wildman–Crippen LogP) is 1.47. The van der Waals surface area contributed by atoms with Gasteiger partial charge in [-0.3, -0.25) is 19.3 Å². The average molecular weight is 381 g/mol. The number of anilines is 2. The summed E-state index contributed by atoms with van der Waals surface area (Å²) in [6.45, 7) is 1.48. The number of amides is 3. The molecule has 1 saturated heterocycles. The first-order chi connectivity index (χ1) is 13.5. The molecule has 4 N–H and O–H groups in total. The number of nitrogens with two attached hydrogens (primary N) is 1. The van der Waals surface area contributed by atoms with Crippen molar-refractivity contribution in [2.75, 3.05) is 30.3 Å². The van der Waals surface area contributed by atoms with Gasteiger partial charge in [0, 0.05) is 12.1 Å². The third-order valence-corrected chi connectivity index (χ3v) is 4.71. The van der Waals surface area contributed by atoms with Gasteiger partial charge in [-0.15, -0.1) is 0 Å². The number of rotatable bonds is 6. The van der Waals surface area contributed by atoms with Crippen LogP contribution in [0.4, 0.5) is 11.5 Å². The molecule has 3 amide bonds. The molecule has 1 aromatic heterocycles. The second kappa shape index (κ2) is 9.09. The van der Waals surface area contributed by atoms with Crippen molar-refractivity contribution in [1.82, 2.24) is 9.88 Å². The zero-order valence-electron chi connectivity index (χ0n) is 15.4. The Morgan fingerprint density at radius 3 is 2.43 bits per heavy atom. The molecular weight excluding hydrogens is 358 g/mol. The van der Waals surface area contributed by atoms with Gasteiger partial charge in [-0.05, 0) is 50.2 Å². The van der Waals surface area contributed by atoms with Gasteiger partial charge in [0.05, 0.1) is 17.8 Å². The number of likely N-dealkylation sites (tertiary alicyclic amines) is 1. The third kappa shape index (κ3) is 5.14. The van der Waals surface area contributed by atoms with Crippen LogP contribution in [0.2, 0.25) is 0 Å². The van der Waals surface area contributed by atoms with Crippen molar-refractivity contribution < 1.29 is 14.4 Å². The molecule has 3 rings (SSSR count). The van der Waals surface area contributed by atoms with E-state index < -0.39 is 5.91 Å². The van der Waals surface area contributed by atoms with Gasteiger partial charge in [0.2, 0.25) is 11.8 Å². The first kappa shape index (κ1) is 19.5. The Hall–Kier alpha value is -3.26. The number of piperidine rings is 1. The van der Waals surface area contributed by atoms with E-state index in [4.69, 9.17) is 5.73 Å². The molecule has 0 radical (unpaired) electrons. The fourth-order valence-electron chi connectivity index (χ4n) is 3.22. The summed E-state index contributed by atoms with van der Waals surface area (Å²) in [5, 5.41) is 5.56. The Morgan fingerprint density at radius 1 is 1.04 bits per heavy atom. The molecule has 1 fully saturated rings. The molecule has 0 aliphatic carbocycles. The highest BCUT2D eigenvalue weighted by atomic mass is 16.2. The van der Waals surface area contributed by atoms with Crippen molar-refractivity contribution in [2.45, 2.75) is 12.8 Å². The summed E-state index contributed by atoms with van der Waals surface area (Å²) in [6.07, 6.45) is 2.97. The minimum atomic E-state index is -0.587. The van der Waals surface area contributed by atoms with Crippen LogP contribution in [-0.2, 0) is 9.59 Å². The highest BCUT2D eigenvalue weighted by Gasteiger charge is 2.26. The number of pyridine rings is 1. The van der Waals surface area contributed by atoms with Crippen molar-refractivity contribution >= 4 is 29.2 Å². The number of primary amides is 1. The normalized spacial score (nSPS) is 15.0. The Morgan fingerprint density at radius 2 is 1.75 bits per heavy atom. The summed E-state index contributed by atoms with van der Waals surface area (Å²) < 4.78 is 0. The number of carbonyl (C=O) groups excluding carboxylic acids is 3. The lowest BCUT2D eigenvalue weighted by atomic mass is 9.96. The molecule has 146 valence electrons. The van der Waals surface area contributed by atoms with Gasteiger partial charge in [-0.1, -0.05) is 18.2 Å². The molecule has 2 heterocycles. The van der Waals surface area contributed by atoms with Gasteiger partial charge < -0.3 is 16.4 Å². The molecule has 0 spiro atoms. The standard InChI is InChI=1S/C20H23N5O3/c21-19(27)15-5-1-2-6-16(15)23-18(26)13-25-11-8-14(9-12-25)20(28)24-17-7-3-4-10-22-17/h1-7,10,14H,8-9,11-13H2,(H2,21,27)(H,23,26)(H,22,24,28). The number of carbonyl (C=O) groups is 3. The lowest BCUT2D eigenvalue weighted by molar-refractivity contribution is -0.121. The van der Waals surface area contributed by atoms with Crippen molar-refractivity contribution in [2.24, 2.45) is 11.7 Å². The quantitative estimate of drug-likeness (QED) is 0.700. The van der Waals surface area contributed by atoms with Crippen LogP contribution in [0, 0.1) is 5.92 Å². The molecule has 8 heteroatoms. The Balaban J connectivity index is 1.47. The highest BCUT2D eigenvalue weighted by Crippen LogP contribution is 2.19. The van der Waals surface area contributed by atoms with Gasteiger partial charge in [-0.2, -0.15) is 0 Å². The van der Waals surface area contributed by atoms with E-state index in [0.717, 1.165) is 0 Å². The summed E-state index contributed by atoms with van der Waals surface area (Å²) >= 11 is 0. The van der Waals surface area contributed by atoms with Crippen LogP contribution in [-0.4, -0.2) is 47.2 Å². The molecule has 1 aliphatic heterocycles. The number of nitrogens with one attached hydrogen (secondary N) is 2. The SMILES string of the molecule is NC(=O)c1ccccc1NC(=O)CN1CCC(C(=O)Nc2ccccn2)CC1. The van der Waals surface area contributed by atoms with Crippen molar-refractivity contribution in [3.63, 3.8) is 0 Å². The maximum absolute atomic E-state index is 12.3. The topological polar surface area (TPSA) is 117 Å². The maximum atomic E-state index is 12.3.